The lowest BCUT2D eigenvalue weighted by Crippen LogP contribution is -2.37. The molecular weight excluding hydrogens is 446 g/mol. The largest absolute Gasteiger partial charge is 0.450 e. The van der Waals surface area contributed by atoms with Gasteiger partial charge in [-0.1, -0.05) is 6.92 Å². The van der Waals surface area contributed by atoms with E-state index < -0.39 is 0 Å². The van der Waals surface area contributed by atoms with E-state index in [-0.39, 0.29) is 23.9 Å². The van der Waals surface area contributed by atoms with Crippen LogP contribution >= 0.6 is 0 Å². The Morgan fingerprint density at radius 3 is 2.46 bits per heavy atom. The molecule has 0 amide bonds. The molecule has 180 valence electrons. The zero-order valence-corrected chi connectivity index (χ0v) is 20.2. The van der Waals surface area contributed by atoms with E-state index in [4.69, 9.17) is 14.1 Å². The minimum atomic E-state index is -0.318. The second-order valence-corrected chi connectivity index (χ2v) is 9.34. The quantitative estimate of drug-likeness (QED) is 0.390. The van der Waals surface area contributed by atoms with Crippen LogP contribution in [-0.2, 0) is 18.8 Å². The molecule has 10 heteroatoms. The molecule has 10 nitrogen and oxygen atoms in total. The van der Waals surface area contributed by atoms with Crippen molar-refractivity contribution in [3.63, 3.8) is 0 Å². The van der Waals surface area contributed by atoms with Crippen LogP contribution in [0.4, 0.5) is 0 Å². The molecule has 3 atom stereocenters. The lowest BCUT2D eigenvalue weighted by molar-refractivity contribution is -0.0594. The van der Waals surface area contributed by atoms with Crippen molar-refractivity contribution in [2.75, 3.05) is 0 Å². The number of aryl methyl sites for hydroxylation is 2. The summed E-state index contributed by atoms with van der Waals surface area (Å²) in [6, 6.07) is 3.73. The molecule has 6 rings (SSSR count). The molecule has 5 aromatic heterocycles. The average Bonchev–Trinajstić information content (AvgIpc) is 3.56. The Balaban J connectivity index is 1.65. The zero-order chi connectivity index (χ0) is 24.3. The van der Waals surface area contributed by atoms with Crippen LogP contribution in [0.25, 0.3) is 44.7 Å². The topological polar surface area (TPSA) is 106 Å². The first-order valence-corrected chi connectivity index (χ1v) is 11.9. The van der Waals surface area contributed by atoms with Gasteiger partial charge < -0.3 is 9.15 Å². The third-order valence-electron chi connectivity index (χ3n) is 6.74. The maximum Gasteiger partial charge on any atom is 0.349 e. The van der Waals surface area contributed by atoms with E-state index in [0.29, 0.717) is 34.3 Å². The standard InChI is InChI=1S/C25H27N7O3/c1-5-18-9-17(8-14(2)34-18)32-23-22-20(7-6-19(28-22)15-10-26-30(3)12-15)35-24(23)21(29-25(32)33)16-11-27-31(4)13-16/h6-7,10-14,17-18H,5,8-9H2,1-4H3/t14-,17?,18+/m1/s1. The van der Waals surface area contributed by atoms with Crippen LogP contribution in [0.5, 0.6) is 0 Å². The molecule has 0 aromatic carbocycles. The maximum atomic E-state index is 13.6. The number of fused-ring (bicyclic) bond motifs is 3. The minimum Gasteiger partial charge on any atom is -0.450 e. The number of hydrogen-bond acceptors (Lipinski definition) is 7. The molecule has 1 aliphatic rings. The van der Waals surface area contributed by atoms with Crippen molar-refractivity contribution >= 4 is 22.2 Å². The van der Waals surface area contributed by atoms with Crippen molar-refractivity contribution in [2.24, 2.45) is 14.1 Å². The van der Waals surface area contributed by atoms with Crippen molar-refractivity contribution in [1.29, 1.82) is 0 Å². The molecule has 0 aliphatic carbocycles. The number of furan rings is 1. The fourth-order valence-electron chi connectivity index (χ4n) is 5.13. The number of pyridine rings is 1. The average molecular weight is 474 g/mol. The Bertz CT molecular complexity index is 1610. The molecule has 35 heavy (non-hydrogen) atoms. The first kappa shape index (κ1) is 21.7. The Kier molecular flexibility index (Phi) is 5.06. The number of nitrogens with zero attached hydrogens (tertiary/aromatic N) is 7. The summed E-state index contributed by atoms with van der Waals surface area (Å²) in [5.41, 5.74) is 4.98. The normalized spacial score (nSPS) is 20.7. The summed E-state index contributed by atoms with van der Waals surface area (Å²) in [5.74, 6) is 0. The molecule has 5 aromatic rings. The van der Waals surface area contributed by atoms with E-state index in [2.05, 4.69) is 29.0 Å². The summed E-state index contributed by atoms with van der Waals surface area (Å²) in [5, 5.41) is 8.54. The van der Waals surface area contributed by atoms with Crippen LogP contribution < -0.4 is 5.69 Å². The summed E-state index contributed by atoms with van der Waals surface area (Å²) in [7, 11) is 3.70. The maximum absolute atomic E-state index is 13.6. The van der Waals surface area contributed by atoms with Crippen molar-refractivity contribution in [2.45, 2.75) is 51.4 Å². The Morgan fingerprint density at radius 1 is 1.03 bits per heavy atom. The molecular formula is C25H27N7O3. The molecule has 0 N–H and O–H groups in total. The first-order chi connectivity index (χ1) is 16.9. The van der Waals surface area contributed by atoms with E-state index in [1.165, 1.54) is 0 Å². The van der Waals surface area contributed by atoms with Crippen LogP contribution in [-0.4, -0.2) is 46.3 Å². The predicted molar refractivity (Wildman–Crippen MR) is 131 cm³/mol. The van der Waals surface area contributed by atoms with Crippen molar-refractivity contribution in [3.8, 4) is 22.5 Å². The van der Waals surface area contributed by atoms with Crippen LogP contribution in [0.2, 0.25) is 0 Å². The highest BCUT2D eigenvalue weighted by Crippen LogP contribution is 2.38. The fourth-order valence-corrected chi connectivity index (χ4v) is 5.13. The summed E-state index contributed by atoms with van der Waals surface area (Å²) in [6.07, 6.45) is 9.67. The molecule has 1 fully saturated rings. The molecule has 0 spiro atoms. The van der Waals surface area contributed by atoms with E-state index in [9.17, 15) is 4.79 Å². The molecule has 0 bridgehead atoms. The van der Waals surface area contributed by atoms with Gasteiger partial charge in [-0.15, -0.1) is 0 Å². The van der Waals surface area contributed by atoms with Crippen molar-refractivity contribution < 1.29 is 9.15 Å². The molecule has 0 radical (unpaired) electrons. The first-order valence-electron chi connectivity index (χ1n) is 11.9. The Hall–Kier alpha value is -3.79. The minimum absolute atomic E-state index is 0.0377. The van der Waals surface area contributed by atoms with E-state index in [1.807, 2.05) is 38.6 Å². The number of ether oxygens (including phenoxy) is 1. The fraction of sp³-hybridized carbons (Fsp3) is 0.400. The highest BCUT2D eigenvalue weighted by Gasteiger charge is 2.32. The van der Waals surface area contributed by atoms with Crippen LogP contribution in [0.3, 0.4) is 0 Å². The van der Waals surface area contributed by atoms with E-state index >= 15 is 0 Å². The van der Waals surface area contributed by atoms with E-state index in [1.54, 1.807) is 26.3 Å². The second kappa shape index (κ2) is 8.16. The van der Waals surface area contributed by atoms with Gasteiger partial charge in [0.1, 0.15) is 16.7 Å². The lowest BCUT2D eigenvalue weighted by atomic mass is 9.97. The monoisotopic (exact) mass is 473 g/mol. The Morgan fingerprint density at radius 2 is 1.77 bits per heavy atom. The van der Waals surface area contributed by atoms with Gasteiger partial charge in [0, 0.05) is 43.7 Å². The highest BCUT2D eigenvalue weighted by atomic mass is 16.5. The number of aromatic nitrogens is 7. The third-order valence-corrected chi connectivity index (χ3v) is 6.74. The van der Waals surface area contributed by atoms with Crippen LogP contribution in [0, 0.1) is 0 Å². The molecule has 6 heterocycles. The lowest BCUT2D eigenvalue weighted by Gasteiger charge is -2.34. The zero-order valence-electron chi connectivity index (χ0n) is 20.2. The van der Waals surface area contributed by atoms with Gasteiger partial charge in [-0.25, -0.2) is 9.78 Å². The predicted octanol–water partition coefficient (Wildman–Crippen LogP) is 3.86. The highest BCUT2D eigenvalue weighted by molar-refractivity contribution is 6.05. The van der Waals surface area contributed by atoms with Gasteiger partial charge in [0.15, 0.2) is 11.2 Å². The van der Waals surface area contributed by atoms with Crippen molar-refractivity contribution in [3.05, 3.63) is 47.4 Å². The van der Waals surface area contributed by atoms with Crippen LogP contribution in [0.15, 0.2) is 46.1 Å². The summed E-state index contributed by atoms with van der Waals surface area (Å²) < 4.78 is 17.6. The van der Waals surface area contributed by atoms with Crippen LogP contribution in [0.1, 0.15) is 39.2 Å². The number of hydrogen-bond donors (Lipinski definition) is 0. The Labute approximate surface area is 201 Å². The smallest absolute Gasteiger partial charge is 0.349 e. The van der Waals surface area contributed by atoms with Crippen molar-refractivity contribution in [1.82, 2.24) is 34.1 Å². The van der Waals surface area contributed by atoms with Gasteiger partial charge in [0.2, 0.25) is 0 Å². The molecule has 0 saturated carbocycles. The van der Waals surface area contributed by atoms with Gasteiger partial charge in [0.05, 0.1) is 30.3 Å². The van der Waals surface area contributed by atoms with Gasteiger partial charge in [0.25, 0.3) is 0 Å². The SMILES string of the molecule is CC[C@H]1CC(n2c(=O)nc(-c3cnn(C)c3)c3oc4ccc(-c5cnn(C)c5)nc4c32)C[C@@H](C)O1. The summed E-state index contributed by atoms with van der Waals surface area (Å²) in [4.78, 5) is 23.1. The van der Waals surface area contributed by atoms with Gasteiger partial charge >= 0.3 is 5.69 Å². The van der Waals surface area contributed by atoms with Gasteiger partial charge in [-0.3, -0.25) is 13.9 Å². The summed E-state index contributed by atoms with van der Waals surface area (Å²) >= 11 is 0. The van der Waals surface area contributed by atoms with E-state index in [0.717, 1.165) is 29.7 Å². The third kappa shape index (κ3) is 3.65. The molecule has 1 unspecified atom stereocenters. The van der Waals surface area contributed by atoms with Gasteiger partial charge in [-0.05, 0) is 38.3 Å². The molecule has 1 saturated heterocycles. The number of rotatable bonds is 4. The summed E-state index contributed by atoms with van der Waals surface area (Å²) in [6.45, 7) is 4.16. The van der Waals surface area contributed by atoms with Gasteiger partial charge in [-0.2, -0.15) is 15.2 Å². The second-order valence-electron chi connectivity index (χ2n) is 9.34. The molecule has 1 aliphatic heterocycles.